The number of hydrogen-bond acceptors (Lipinski definition) is 4. The smallest absolute Gasteiger partial charge is 0.150 e. The minimum absolute atomic E-state index is 0.211. The maximum absolute atomic E-state index is 13.1. The highest BCUT2D eigenvalue weighted by molar-refractivity contribution is 7.22. The predicted molar refractivity (Wildman–Crippen MR) is 93.4 cm³/mol. The zero-order valence-electron chi connectivity index (χ0n) is 13.0. The SMILES string of the molecule is C[C@@H]1CCCN(c2ncnc3cc(-c4ccc(F)cc4)sc23)C1. The summed E-state index contributed by atoms with van der Waals surface area (Å²) in [5, 5.41) is 0. The molecule has 3 nitrogen and oxygen atoms in total. The molecule has 2 aromatic heterocycles. The molecule has 3 heterocycles. The van der Waals surface area contributed by atoms with Crippen LogP contribution in [0, 0.1) is 11.7 Å². The van der Waals surface area contributed by atoms with Crippen LogP contribution in [0.15, 0.2) is 36.7 Å². The number of hydrogen-bond donors (Lipinski definition) is 0. The molecule has 0 aliphatic carbocycles. The maximum Gasteiger partial charge on any atom is 0.150 e. The van der Waals surface area contributed by atoms with E-state index in [1.807, 2.05) is 12.1 Å². The van der Waals surface area contributed by atoms with E-state index >= 15 is 0 Å². The molecule has 1 aliphatic heterocycles. The Kier molecular flexibility index (Phi) is 3.73. The van der Waals surface area contributed by atoms with Crippen molar-refractivity contribution in [1.29, 1.82) is 0 Å². The molecule has 0 unspecified atom stereocenters. The van der Waals surface area contributed by atoms with Crippen molar-refractivity contribution in [1.82, 2.24) is 9.97 Å². The first-order chi connectivity index (χ1) is 11.2. The highest BCUT2D eigenvalue weighted by atomic mass is 32.1. The molecule has 1 aliphatic rings. The van der Waals surface area contributed by atoms with Crippen LogP contribution in [-0.2, 0) is 0 Å². The van der Waals surface area contributed by atoms with Gasteiger partial charge in [0.2, 0.25) is 0 Å². The van der Waals surface area contributed by atoms with E-state index in [4.69, 9.17) is 0 Å². The minimum Gasteiger partial charge on any atom is -0.355 e. The third-order valence-corrected chi connectivity index (χ3v) is 5.55. The summed E-state index contributed by atoms with van der Waals surface area (Å²) < 4.78 is 14.3. The van der Waals surface area contributed by atoms with Gasteiger partial charge >= 0.3 is 0 Å². The Morgan fingerprint density at radius 1 is 1.22 bits per heavy atom. The summed E-state index contributed by atoms with van der Waals surface area (Å²) in [7, 11) is 0. The molecule has 1 aromatic carbocycles. The molecule has 1 atom stereocenters. The molecular weight excluding hydrogens is 309 g/mol. The van der Waals surface area contributed by atoms with Crippen molar-refractivity contribution in [3.05, 3.63) is 42.5 Å². The Balaban J connectivity index is 1.76. The Morgan fingerprint density at radius 2 is 2.04 bits per heavy atom. The molecule has 0 spiro atoms. The van der Waals surface area contributed by atoms with Crippen molar-refractivity contribution in [2.24, 2.45) is 5.92 Å². The fraction of sp³-hybridized carbons (Fsp3) is 0.333. The van der Waals surface area contributed by atoms with Crippen LogP contribution in [0.25, 0.3) is 20.7 Å². The topological polar surface area (TPSA) is 29.0 Å². The third kappa shape index (κ3) is 2.81. The predicted octanol–water partition coefficient (Wildman–Crippen LogP) is 4.73. The van der Waals surface area contributed by atoms with Gasteiger partial charge in [0, 0.05) is 18.0 Å². The number of rotatable bonds is 2. The van der Waals surface area contributed by atoms with E-state index in [0.717, 1.165) is 39.6 Å². The van der Waals surface area contributed by atoms with Gasteiger partial charge in [0.15, 0.2) is 0 Å². The van der Waals surface area contributed by atoms with Gasteiger partial charge in [0.05, 0.1) is 10.2 Å². The molecule has 0 radical (unpaired) electrons. The fourth-order valence-corrected chi connectivity index (χ4v) is 4.34. The molecule has 0 N–H and O–H groups in total. The van der Waals surface area contributed by atoms with Gasteiger partial charge < -0.3 is 4.90 Å². The molecular formula is C18H18FN3S. The van der Waals surface area contributed by atoms with Crippen molar-refractivity contribution >= 4 is 27.4 Å². The Morgan fingerprint density at radius 3 is 2.83 bits per heavy atom. The minimum atomic E-state index is -0.211. The van der Waals surface area contributed by atoms with E-state index in [9.17, 15) is 4.39 Å². The number of benzene rings is 1. The maximum atomic E-state index is 13.1. The Labute approximate surface area is 138 Å². The first-order valence-corrected chi connectivity index (χ1v) is 8.78. The molecule has 1 saturated heterocycles. The van der Waals surface area contributed by atoms with E-state index in [-0.39, 0.29) is 5.82 Å². The van der Waals surface area contributed by atoms with Crippen molar-refractivity contribution in [2.75, 3.05) is 18.0 Å². The van der Waals surface area contributed by atoms with Crippen LogP contribution in [-0.4, -0.2) is 23.1 Å². The van der Waals surface area contributed by atoms with Crippen LogP contribution >= 0.6 is 11.3 Å². The van der Waals surface area contributed by atoms with Crippen LogP contribution in [0.2, 0.25) is 0 Å². The summed E-state index contributed by atoms with van der Waals surface area (Å²) in [5.41, 5.74) is 1.99. The standard InChI is InChI=1S/C18H18FN3S/c1-12-3-2-8-22(10-12)18-17-15(20-11-21-18)9-16(23-17)13-4-6-14(19)7-5-13/h4-7,9,11-12H,2-3,8,10H2,1H3/t12-/m1/s1. The average molecular weight is 327 g/mol. The van der Waals surface area contributed by atoms with Crippen LogP contribution in [0.1, 0.15) is 19.8 Å². The van der Waals surface area contributed by atoms with Crippen LogP contribution in [0.4, 0.5) is 10.2 Å². The number of halogens is 1. The Hall–Kier alpha value is -2.01. The summed E-state index contributed by atoms with van der Waals surface area (Å²) in [6, 6.07) is 8.70. The second-order valence-corrected chi connectivity index (χ2v) is 7.27. The summed E-state index contributed by atoms with van der Waals surface area (Å²) in [6.07, 6.45) is 4.15. The van der Waals surface area contributed by atoms with Crippen molar-refractivity contribution < 1.29 is 4.39 Å². The summed E-state index contributed by atoms with van der Waals surface area (Å²) >= 11 is 1.69. The number of piperidine rings is 1. The molecule has 0 bridgehead atoms. The Bertz CT molecular complexity index is 828. The molecule has 0 amide bonds. The lowest BCUT2D eigenvalue weighted by molar-refractivity contribution is 0.445. The lowest BCUT2D eigenvalue weighted by Crippen LogP contribution is -2.34. The molecule has 23 heavy (non-hydrogen) atoms. The molecule has 4 rings (SSSR count). The number of nitrogens with zero attached hydrogens (tertiary/aromatic N) is 3. The van der Waals surface area contributed by atoms with Gasteiger partial charge in [-0.15, -0.1) is 11.3 Å². The van der Waals surface area contributed by atoms with Crippen molar-refractivity contribution in [3.63, 3.8) is 0 Å². The van der Waals surface area contributed by atoms with Crippen molar-refractivity contribution in [3.8, 4) is 10.4 Å². The quantitative estimate of drug-likeness (QED) is 0.681. The molecule has 3 aromatic rings. The van der Waals surface area contributed by atoms with Crippen LogP contribution < -0.4 is 4.90 Å². The summed E-state index contributed by atoms with van der Waals surface area (Å²) in [5.74, 6) is 1.53. The van der Waals surface area contributed by atoms with Crippen LogP contribution in [0.3, 0.4) is 0 Å². The molecule has 5 heteroatoms. The number of aromatic nitrogens is 2. The van der Waals surface area contributed by atoms with E-state index in [2.05, 4.69) is 27.9 Å². The first-order valence-electron chi connectivity index (χ1n) is 7.96. The second kappa shape index (κ2) is 5.89. The van der Waals surface area contributed by atoms with E-state index < -0.39 is 0 Å². The van der Waals surface area contributed by atoms with Gasteiger partial charge in [-0.05, 0) is 42.5 Å². The third-order valence-electron chi connectivity index (χ3n) is 4.38. The normalized spacial score (nSPS) is 18.5. The fourth-order valence-electron chi connectivity index (χ4n) is 3.21. The van der Waals surface area contributed by atoms with Crippen LogP contribution in [0.5, 0.6) is 0 Å². The monoisotopic (exact) mass is 327 g/mol. The number of anilines is 1. The summed E-state index contributed by atoms with van der Waals surface area (Å²) in [4.78, 5) is 12.5. The summed E-state index contributed by atoms with van der Waals surface area (Å²) in [6.45, 7) is 4.40. The molecule has 0 saturated carbocycles. The van der Waals surface area contributed by atoms with Gasteiger partial charge in [-0.2, -0.15) is 0 Å². The lowest BCUT2D eigenvalue weighted by Gasteiger charge is -2.31. The zero-order chi connectivity index (χ0) is 15.8. The highest BCUT2D eigenvalue weighted by Gasteiger charge is 2.21. The number of fused-ring (bicyclic) bond motifs is 1. The van der Waals surface area contributed by atoms with Gasteiger partial charge in [0.1, 0.15) is 18.0 Å². The number of thiophene rings is 1. The van der Waals surface area contributed by atoms with E-state index in [0.29, 0.717) is 5.92 Å². The second-order valence-electron chi connectivity index (χ2n) is 6.22. The molecule has 118 valence electrons. The van der Waals surface area contributed by atoms with Crippen molar-refractivity contribution in [2.45, 2.75) is 19.8 Å². The zero-order valence-corrected chi connectivity index (χ0v) is 13.8. The van der Waals surface area contributed by atoms with Gasteiger partial charge in [-0.25, -0.2) is 14.4 Å². The highest BCUT2D eigenvalue weighted by Crippen LogP contribution is 2.37. The van der Waals surface area contributed by atoms with Gasteiger partial charge in [-0.3, -0.25) is 0 Å². The van der Waals surface area contributed by atoms with Gasteiger partial charge in [-0.1, -0.05) is 19.1 Å². The first kappa shape index (κ1) is 14.6. The average Bonchev–Trinajstić information content (AvgIpc) is 2.99. The van der Waals surface area contributed by atoms with E-state index in [1.54, 1.807) is 17.7 Å². The van der Waals surface area contributed by atoms with Gasteiger partial charge in [0.25, 0.3) is 0 Å². The molecule has 1 fully saturated rings. The lowest BCUT2D eigenvalue weighted by atomic mass is 10.0. The van der Waals surface area contributed by atoms with E-state index in [1.165, 1.54) is 25.0 Å². The largest absolute Gasteiger partial charge is 0.355 e.